The molecule has 0 unspecified atom stereocenters. The van der Waals surface area contributed by atoms with Gasteiger partial charge in [0.15, 0.2) is 5.69 Å². The molecule has 0 bridgehead atoms. The molecule has 1 saturated heterocycles. The van der Waals surface area contributed by atoms with Crippen molar-refractivity contribution in [1.82, 2.24) is 24.9 Å². The second kappa shape index (κ2) is 7.10. The van der Waals surface area contributed by atoms with Gasteiger partial charge >= 0.3 is 5.97 Å². The first-order valence-corrected chi connectivity index (χ1v) is 9.44. The lowest BCUT2D eigenvalue weighted by Crippen LogP contribution is -2.41. The number of piperidine rings is 1. The number of carboxylic acid groups (broad SMARTS) is 1. The maximum atomic E-state index is 13.1. The summed E-state index contributed by atoms with van der Waals surface area (Å²) in [6.07, 6.45) is 3.32. The Morgan fingerprint density at radius 2 is 2.14 bits per heavy atom. The van der Waals surface area contributed by atoms with Crippen LogP contribution in [0.1, 0.15) is 44.9 Å². The molecule has 1 fully saturated rings. The Morgan fingerprint density at radius 1 is 1.32 bits per heavy atom. The highest BCUT2D eigenvalue weighted by atomic mass is 16.4. The zero-order valence-electron chi connectivity index (χ0n) is 16.0. The Labute approximate surface area is 162 Å². The Kier molecular flexibility index (Phi) is 4.62. The van der Waals surface area contributed by atoms with E-state index in [-0.39, 0.29) is 17.5 Å². The lowest BCUT2D eigenvalue weighted by atomic mass is 9.97. The number of benzene rings is 1. The molecule has 3 aromatic rings. The molecule has 2 aromatic heterocycles. The first kappa shape index (κ1) is 18.2. The zero-order chi connectivity index (χ0) is 19.8. The highest BCUT2D eigenvalue weighted by molar-refractivity contribution is 6.01. The smallest absolute Gasteiger partial charge is 0.358 e. The van der Waals surface area contributed by atoms with E-state index in [0.717, 1.165) is 35.9 Å². The van der Waals surface area contributed by atoms with Crippen molar-refractivity contribution >= 4 is 22.8 Å². The van der Waals surface area contributed by atoms with E-state index in [4.69, 9.17) is 5.11 Å². The summed E-state index contributed by atoms with van der Waals surface area (Å²) in [6, 6.07) is 6.15. The quantitative estimate of drug-likeness (QED) is 0.723. The van der Waals surface area contributed by atoms with Crippen LogP contribution in [0.4, 0.5) is 0 Å². The highest BCUT2D eigenvalue weighted by Gasteiger charge is 2.27. The summed E-state index contributed by atoms with van der Waals surface area (Å²) < 4.78 is 1.55. The monoisotopic (exact) mass is 381 g/mol. The van der Waals surface area contributed by atoms with Crippen molar-refractivity contribution in [1.29, 1.82) is 0 Å². The molecule has 0 aliphatic carbocycles. The van der Waals surface area contributed by atoms with Crippen molar-refractivity contribution in [2.45, 2.75) is 33.2 Å². The maximum absolute atomic E-state index is 13.1. The van der Waals surface area contributed by atoms with Crippen molar-refractivity contribution < 1.29 is 14.7 Å². The molecule has 8 heteroatoms. The van der Waals surface area contributed by atoms with Crippen molar-refractivity contribution in [3.8, 4) is 0 Å². The number of carboxylic acids is 1. The average Bonchev–Trinajstić information content (AvgIpc) is 3.27. The van der Waals surface area contributed by atoms with E-state index in [1.165, 1.54) is 11.8 Å². The van der Waals surface area contributed by atoms with Gasteiger partial charge < -0.3 is 15.0 Å². The SMILES string of the molecule is Cc1ccc2[nH]c(C(=O)N3CCC[C@H](Cn4cc(C(=O)O)nn4)C3)c(C)c2c1. The number of likely N-dealkylation sites (tertiary alicyclic amines) is 1. The van der Waals surface area contributed by atoms with Crippen LogP contribution in [0, 0.1) is 19.8 Å². The predicted molar refractivity (Wildman–Crippen MR) is 103 cm³/mol. The van der Waals surface area contributed by atoms with Crippen LogP contribution in [-0.2, 0) is 6.54 Å². The molecule has 8 nitrogen and oxygen atoms in total. The van der Waals surface area contributed by atoms with Crippen LogP contribution in [0.5, 0.6) is 0 Å². The number of nitrogens with one attached hydrogen (secondary N) is 1. The first-order valence-electron chi connectivity index (χ1n) is 9.44. The Hall–Kier alpha value is -3.16. The largest absolute Gasteiger partial charge is 0.476 e. The number of nitrogens with zero attached hydrogens (tertiary/aromatic N) is 4. The Morgan fingerprint density at radius 3 is 2.89 bits per heavy atom. The number of rotatable bonds is 4. The molecule has 0 spiro atoms. The number of carbonyl (C=O) groups is 2. The van der Waals surface area contributed by atoms with Gasteiger partial charge in [0.25, 0.3) is 5.91 Å². The van der Waals surface area contributed by atoms with E-state index in [0.29, 0.717) is 18.8 Å². The topological polar surface area (TPSA) is 104 Å². The molecule has 28 heavy (non-hydrogen) atoms. The fraction of sp³-hybridized carbons (Fsp3) is 0.400. The van der Waals surface area contributed by atoms with Crippen LogP contribution < -0.4 is 0 Å². The molecule has 1 aromatic carbocycles. The molecule has 4 rings (SSSR count). The number of aryl methyl sites for hydroxylation is 2. The summed E-state index contributed by atoms with van der Waals surface area (Å²) in [6.45, 7) is 5.92. The summed E-state index contributed by atoms with van der Waals surface area (Å²) in [5.74, 6) is -0.856. The van der Waals surface area contributed by atoms with Gasteiger partial charge in [0.2, 0.25) is 0 Å². The van der Waals surface area contributed by atoms with E-state index < -0.39 is 5.97 Å². The van der Waals surface area contributed by atoms with Crippen LogP contribution in [-0.4, -0.2) is 55.0 Å². The van der Waals surface area contributed by atoms with E-state index in [1.807, 2.05) is 30.9 Å². The predicted octanol–water partition coefficient (Wildman–Crippen LogP) is 2.63. The Balaban J connectivity index is 1.50. The number of hydrogen-bond donors (Lipinski definition) is 2. The van der Waals surface area contributed by atoms with Crippen molar-refractivity contribution in [2.75, 3.05) is 13.1 Å². The molecule has 146 valence electrons. The van der Waals surface area contributed by atoms with Gasteiger partial charge in [-0.3, -0.25) is 9.48 Å². The molecule has 0 saturated carbocycles. The standard InChI is InChI=1S/C20H23N5O3/c1-12-5-6-16-15(8-12)13(2)18(21-16)19(26)24-7-3-4-14(9-24)10-25-11-17(20(27)28)22-23-25/h5-6,8,11,14,21H,3-4,7,9-10H2,1-2H3,(H,27,28)/t14-/m0/s1. The minimum Gasteiger partial charge on any atom is -0.476 e. The zero-order valence-corrected chi connectivity index (χ0v) is 16.0. The molecule has 1 amide bonds. The van der Waals surface area contributed by atoms with Crippen molar-refractivity contribution in [3.05, 3.63) is 46.9 Å². The summed E-state index contributed by atoms with van der Waals surface area (Å²) in [5, 5.41) is 17.6. The summed E-state index contributed by atoms with van der Waals surface area (Å²) in [7, 11) is 0. The van der Waals surface area contributed by atoms with Crippen LogP contribution in [0.15, 0.2) is 24.4 Å². The first-order chi connectivity index (χ1) is 13.4. The molecule has 1 atom stereocenters. The molecule has 2 N–H and O–H groups in total. The number of H-pyrrole nitrogens is 1. The van der Waals surface area contributed by atoms with Gasteiger partial charge in [0.1, 0.15) is 5.69 Å². The molecular weight excluding hydrogens is 358 g/mol. The van der Waals surface area contributed by atoms with Gasteiger partial charge in [-0.1, -0.05) is 16.8 Å². The van der Waals surface area contributed by atoms with Gasteiger partial charge in [-0.25, -0.2) is 4.79 Å². The van der Waals surface area contributed by atoms with Gasteiger partial charge in [0.05, 0.1) is 6.20 Å². The number of hydrogen-bond acceptors (Lipinski definition) is 4. The van der Waals surface area contributed by atoms with Crippen LogP contribution in [0.2, 0.25) is 0 Å². The second-order valence-electron chi connectivity index (χ2n) is 7.56. The number of aromatic nitrogens is 4. The third-order valence-electron chi connectivity index (χ3n) is 5.44. The minimum atomic E-state index is -1.09. The number of aromatic carboxylic acids is 1. The molecule has 1 aliphatic heterocycles. The third kappa shape index (κ3) is 3.37. The van der Waals surface area contributed by atoms with Gasteiger partial charge in [-0.2, -0.15) is 0 Å². The van der Waals surface area contributed by atoms with E-state index in [2.05, 4.69) is 21.4 Å². The minimum absolute atomic E-state index is 0.0147. The fourth-order valence-corrected chi connectivity index (χ4v) is 3.96. The maximum Gasteiger partial charge on any atom is 0.358 e. The number of carbonyl (C=O) groups excluding carboxylic acids is 1. The van der Waals surface area contributed by atoms with Crippen molar-refractivity contribution in [3.63, 3.8) is 0 Å². The molecule has 3 heterocycles. The Bertz CT molecular complexity index is 1050. The third-order valence-corrected chi connectivity index (χ3v) is 5.44. The van der Waals surface area contributed by atoms with Gasteiger partial charge in [-0.15, -0.1) is 5.10 Å². The van der Waals surface area contributed by atoms with Gasteiger partial charge in [-0.05, 0) is 50.3 Å². The van der Waals surface area contributed by atoms with Crippen LogP contribution in [0.25, 0.3) is 10.9 Å². The van der Waals surface area contributed by atoms with Crippen LogP contribution in [0.3, 0.4) is 0 Å². The van der Waals surface area contributed by atoms with E-state index >= 15 is 0 Å². The van der Waals surface area contributed by atoms with E-state index in [1.54, 1.807) is 4.68 Å². The number of amides is 1. The molecule has 0 radical (unpaired) electrons. The summed E-state index contributed by atoms with van der Waals surface area (Å²) in [4.78, 5) is 29.3. The molecule has 1 aliphatic rings. The van der Waals surface area contributed by atoms with Gasteiger partial charge in [0, 0.05) is 30.5 Å². The summed E-state index contributed by atoms with van der Waals surface area (Å²) >= 11 is 0. The highest BCUT2D eigenvalue weighted by Crippen LogP contribution is 2.26. The van der Waals surface area contributed by atoms with E-state index in [9.17, 15) is 9.59 Å². The van der Waals surface area contributed by atoms with Crippen LogP contribution >= 0.6 is 0 Å². The second-order valence-corrected chi connectivity index (χ2v) is 7.56. The summed E-state index contributed by atoms with van der Waals surface area (Å²) in [5.41, 5.74) is 3.71. The fourth-order valence-electron chi connectivity index (χ4n) is 3.96. The normalized spacial score (nSPS) is 17.2. The lowest BCUT2D eigenvalue weighted by Gasteiger charge is -2.32. The lowest BCUT2D eigenvalue weighted by molar-refractivity contribution is 0.0652. The number of aromatic amines is 1. The number of fused-ring (bicyclic) bond motifs is 1. The van der Waals surface area contributed by atoms with Crippen molar-refractivity contribution in [2.24, 2.45) is 5.92 Å². The molecular formula is C20H23N5O3. The average molecular weight is 381 g/mol.